The van der Waals surface area contributed by atoms with Crippen LogP contribution in [-0.2, 0) is 41.2 Å². The molecule has 0 aromatic heterocycles. The van der Waals surface area contributed by atoms with E-state index in [1.54, 1.807) is 0 Å². The van der Waals surface area contributed by atoms with Crippen LogP contribution < -0.4 is 0 Å². The van der Waals surface area contributed by atoms with Crippen LogP contribution >= 0.6 is 38.1 Å². The van der Waals surface area contributed by atoms with E-state index >= 15 is 0 Å². The van der Waals surface area contributed by atoms with Crippen LogP contribution in [0.25, 0.3) is 0 Å². The van der Waals surface area contributed by atoms with Crippen molar-refractivity contribution in [1.82, 2.24) is 0 Å². The van der Waals surface area contributed by atoms with Gasteiger partial charge in [0, 0.05) is 0 Å². The van der Waals surface area contributed by atoms with E-state index in [-0.39, 0.29) is 31.9 Å². The zero-order valence-corrected chi connectivity index (χ0v) is 10.1. The minimum absolute atomic E-state index is 0.106. The van der Waals surface area contributed by atoms with Gasteiger partial charge in [0.1, 0.15) is 0 Å². The van der Waals surface area contributed by atoms with Crippen LogP contribution in [0.2, 0.25) is 0 Å². The van der Waals surface area contributed by atoms with E-state index in [1.807, 2.05) is 0 Å². The molecule has 0 aliphatic carbocycles. The van der Waals surface area contributed by atoms with Gasteiger partial charge in [-0.05, 0) is 0 Å². The zero-order valence-electron chi connectivity index (χ0n) is 3.96. The quantitative estimate of drug-likeness (QED) is 0.335. The SMILES string of the molecule is [C-]#[O+].[C-]#[O+].[Cl][Pd][Cl].[Cl][Pd][Cl]. The van der Waals surface area contributed by atoms with Gasteiger partial charge in [0.05, 0.1) is 0 Å². The van der Waals surface area contributed by atoms with E-state index in [2.05, 4.69) is 13.3 Å². The van der Waals surface area contributed by atoms with Gasteiger partial charge < -0.3 is 0 Å². The van der Waals surface area contributed by atoms with E-state index in [0.29, 0.717) is 0 Å². The average Bonchev–Trinajstić information content (AvgIpc) is 1.99. The Labute approximate surface area is 91.6 Å². The van der Waals surface area contributed by atoms with E-state index < -0.39 is 0 Å². The van der Waals surface area contributed by atoms with Crippen molar-refractivity contribution >= 4 is 38.1 Å². The molecule has 0 amide bonds. The van der Waals surface area contributed by atoms with Crippen molar-refractivity contribution < 1.29 is 41.2 Å². The Morgan fingerprint density at radius 2 is 0.700 bits per heavy atom. The maximum absolute atomic E-state index is 7.50. The third-order valence-electron chi connectivity index (χ3n) is 0. The fourth-order valence-electron chi connectivity index (χ4n) is 0. The van der Waals surface area contributed by atoms with Crippen molar-refractivity contribution in [3.63, 3.8) is 0 Å². The molecule has 0 radical (unpaired) electrons. The summed E-state index contributed by atoms with van der Waals surface area (Å²) < 4.78 is 15.0. The predicted molar refractivity (Wildman–Crippen MR) is 31.3 cm³/mol. The van der Waals surface area contributed by atoms with Crippen molar-refractivity contribution in [3.05, 3.63) is 13.3 Å². The second kappa shape index (κ2) is 69.3. The van der Waals surface area contributed by atoms with Gasteiger partial charge in [0.15, 0.2) is 0 Å². The van der Waals surface area contributed by atoms with Crippen LogP contribution in [0, 0.1) is 13.3 Å². The van der Waals surface area contributed by atoms with Gasteiger partial charge >= 0.3 is 92.6 Å². The third kappa shape index (κ3) is 207. The topological polar surface area (TPSA) is 39.8 Å². The van der Waals surface area contributed by atoms with Gasteiger partial charge in [-0.25, -0.2) is 0 Å². The van der Waals surface area contributed by atoms with Gasteiger partial charge in [-0.1, -0.05) is 0 Å². The van der Waals surface area contributed by atoms with Crippen LogP contribution in [0.1, 0.15) is 0 Å². The Kier molecular flexibility index (Phi) is 157. The van der Waals surface area contributed by atoms with Gasteiger partial charge in [0.2, 0.25) is 0 Å². The van der Waals surface area contributed by atoms with Gasteiger partial charge in [0.25, 0.3) is 0 Å². The normalized spacial score (nSPS) is 4.80. The standard InChI is InChI=1S/2CO.4ClH.2Pd/c2*1-2;;;;;;/h;;4*1H;;/q;;;;;;2*+2/p-4. The van der Waals surface area contributed by atoms with Gasteiger partial charge in [-0.15, -0.1) is 0 Å². The Bertz CT molecular complexity index is 49.7. The summed E-state index contributed by atoms with van der Waals surface area (Å²) in [5.41, 5.74) is 0. The van der Waals surface area contributed by atoms with Crippen molar-refractivity contribution in [3.8, 4) is 0 Å². The second-order valence-corrected chi connectivity index (χ2v) is 4.81. The molecule has 8 heteroatoms. The molecular formula is C2Cl4O2Pd2. The van der Waals surface area contributed by atoms with Crippen LogP contribution in [0.4, 0.5) is 0 Å². The van der Waals surface area contributed by atoms with E-state index in [4.69, 9.17) is 47.4 Å². The van der Waals surface area contributed by atoms with Gasteiger partial charge in [-0.2, -0.15) is 0 Å². The van der Waals surface area contributed by atoms with Gasteiger partial charge in [-0.3, -0.25) is 0 Å². The first-order valence-electron chi connectivity index (χ1n) is 0.886. The minimum atomic E-state index is -0.106. The molecule has 10 heavy (non-hydrogen) atoms. The molecule has 0 aromatic rings. The number of rotatable bonds is 0. The summed E-state index contributed by atoms with van der Waals surface area (Å²) in [5, 5.41) is 0. The molecule has 68 valence electrons. The molecule has 0 N–H and O–H groups in total. The molecular weight excluding hydrogens is 411 g/mol. The fourth-order valence-corrected chi connectivity index (χ4v) is 0. The van der Waals surface area contributed by atoms with E-state index in [0.717, 1.165) is 0 Å². The first kappa shape index (κ1) is 22.7. The van der Waals surface area contributed by atoms with Crippen molar-refractivity contribution in [1.29, 1.82) is 0 Å². The van der Waals surface area contributed by atoms with Crippen LogP contribution in [0.3, 0.4) is 0 Å². The summed E-state index contributed by atoms with van der Waals surface area (Å²) in [6, 6.07) is 0. The molecule has 0 saturated heterocycles. The zero-order chi connectivity index (χ0) is 9.41. The molecule has 0 spiro atoms. The van der Waals surface area contributed by atoms with Crippen LogP contribution in [0.5, 0.6) is 0 Å². The summed E-state index contributed by atoms with van der Waals surface area (Å²) in [7, 11) is 19.3. The Balaban J connectivity index is -0.0000000246. The molecule has 0 aliphatic rings. The molecule has 0 unspecified atom stereocenters. The summed E-state index contributed by atoms with van der Waals surface area (Å²) >= 11 is -0.211. The predicted octanol–water partition coefficient (Wildman–Crippen LogP) is 2.68. The number of halogens is 4. The fraction of sp³-hybridized carbons (Fsp3) is 0. The summed E-state index contributed by atoms with van der Waals surface area (Å²) in [6.45, 7) is 9.00. The van der Waals surface area contributed by atoms with Crippen LogP contribution in [0.15, 0.2) is 0 Å². The molecule has 0 bridgehead atoms. The number of hydrogen-bond donors (Lipinski definition) is 0. The molecule has 0 rings (SSSR count). The van der Waals surface area contributed by atoms with E-state index in [9.17, 15) is 0 Å². The molecule has 0 heterocycles. The van der Waals surface area contributed by atoms with Crippen LogP contribution in [-0.4, -0.2) is 0 Å². The summed E-state index contributed by atoms with van der Waals surface area (Å²) in [6.07, 6.45) is 0. The molecule has 0 aromatic carbocycles. The third-order valence-corrected chi connectivity index (χ3v) is 0. The molecule has 0 saturated carbocycles. The van der Waals surface area contributed by atoms with Crippen molar-refractivity contribution in [2.75, 3.05) is 0 Å². The second-order valence-electron chi connectivity index (χ2n) is 0.0904. The summed E-state index contributed by atoms with van der Waals surface area (Å²) in [4.78, 5) is 0. The Morgan fingerprint density at radius 3 is 0.700 bits per heavy atom. The van der Waals surface area contributed by atoms with Crippen molar-refractivity contribution in [2.24, 2.45) is 0 Å². The molecule has 0 aliphatic heterocycles. The summed E-state index contributed by atoms with van der Waals surface area (Å²) in [5.74, 6) is 0. The number of hydrogen-bond acceptors (Lipinski definition) is 0. The Morgan fingerprint density at radius 1 is 0.700 bits per heavy atom. The van der Waals surface area contributed by atoms with Crippen molar-refractivity contribution in [2.45, 2.75) is 0 Å². The van der Waals surface area contributed by atoms with E-state index in [1.165, 1.54) is 0 Å². The molecule has 0 fully saturated rings. The monoisotopic (exact) mass is 408 g/mol. The molecule has 2 nitrogen and oxygen atoms in total. The average molecular weight is 411 g/mol. The molecule has 0 atom stereocenters. The first-order valence-corrected chi connectivity index (χ1v) is 8.89. The Hall–Kier alpha value is 1.96. The first-order chi connectivity index (χ1) is 4.83. The maximum atomic E-state index is 7.50.